The molecular weight excluding hydrogens is 537 g/mol. The Morgan fingerprint density at radius 2 is 1.88 bits per heavy atom. The lowest BCUT2D eigenvalue weighted by molar-refractivity contribution is -0.127. The standard InChI is InChI=1S/C23H37N5O4.HI/c1-23(2,3)32-22(30)28-14-12-18(16-28)26-21(25-15-20(29)27(4)5)24-13-11-17-7-9-19(31-6)10-8-17;/h7-10,18H,11-16H2,1-6H3,(H2,24,25,26);1H. The van der Waals surface area contributed by atoms with Crippen molar-refractivity contribution >= 4 is 41.9 Å². The van der Waals surface area contributed by atoms with Gasteiger partial charge in [0, 0.05) is 39.8 Å². The Labute approximate surface area is 214 Å². The van der Waals surface area contributed by atoms with E-state index in [1.54, 1.807) is 26.1 Å². The molecule has 1 aromatic carbocycles. The largest absolute Gasteiger partial charge is 0.497 e. The van der Waals surface area contributed by atoms with Crippen molar-refractivity contribution in [2.45, 2.75) is 45.3 Å². The summed E-state index contributed by atoms with van der Waals surface area (Å²) < 4.78 is 10.7. The summed E-state index contributed by atoms with van der Waals surface area (Å²) in [5.41, 5.74) is 0.643. The SMILES string of the molecule is COc1ccc(CCNC(=NCC(=O)N(C)C)NC2CCN(C(=O)OC(C)(C)C)C2)cc1.I. The van der Waals surface area contributed by atoms with Gasteiger partial charge in [0.25, 0.3) is 0 Å². The summed E-state index contributed by atoms with van der Waals surface area (Å²) in [5, 5.41) is 6.66. The van der Waals surface area contributed by atoms with Crippen LogP contribution < -0.4 is 15.4 Å². The Morgan fingerprint density at radius 1 is 1.21 bits per heavy atom. The first-order chi connectivity index (χ1) is 15.1. The van der Waals surface area contributed by atoms with E-state index in [4.69, 9.17) is 9.47 Å². The van der Waals surface area contributed by atoms with Gasteiger partial charge in [-0.3, -0.25) is 4.79 Å². The number of hydrogen-bond acceptors (Lipinski definition) is 5. The van der Waals surface area contributed by atoms with Crippen LogP contribution in [0, 0.1) is 0 Å². The Bertz CT molecular complexity index is 793. The van der Waals surface area contributed by atoms with Gasteiger partial charge in [0.15, 0.2) is 5.96 Å². The summed E-state index contributed by atoms with van der Waals surface area (Å²) in [7, 11) is 5.06. The predicted octanol–water partition coefficient (Wildman–Crippen LogP) is 2.49. The van der Waals surface area contributed by atoms with E-state index in [0.29, 0.717) is 25.6 Å². The zero-order valence-corrected chi connectivity index (χ0v) is 22.8. The second kappa shape index (κ2) is 13.5. The molecule has 1 aliphatic rings. The minimum atomic E-state index is -0.523. The van der Waals surface area contributed by atoms with Crippen molar-refractivity contribution in [3.05, 3.63) is 29.8 Å². The van der Waals surface area contributed by atoms with Gasteiger partial charge in [0.05, 0.1) is 7.11 Å². The van der Waals surface area contributed by atoms with Gasteiger partial charge in [-0.25, -0.2) is 9.79 Å². The maximum atomic E-state index is 12.3. The highest BCUT2D eigenvalue weighted by molar-refractivity contribution is 14.0. The average Bonchev–Trinajstić information content (AvgIpc) is 3.19. The van der Waals surface area contributed by atoms with Crippen molar-refractivity contribution in [3.8, 4) is 5.75 Å². The maximum absolute atomic E-state index is 12.3. The van der Waals surface area contributed by atoms with Crippen LogP contribution in [0.25, 0.3) is 0 Å². The number of likely N-dealkylation sites (N-methyl/N-ethyl adjacent to an activating group) is 1. The number of nitrogens with one attached hydrogen (secondary N) is 2. The van der Waals surface area contributed by atoms with Gasteiger partial charge in [-0.05, 0) is 51.3 Å². The normalized spacial score (nSPS) is 16.0. The number of aliphatic imine (C=N–C) groups is 1. The van der Waals surface area contributed by atoms with Crippen molar-refractivity contribution in [2.75, 3.05) is 47.4 Å². The van der Waals surface area contributed by atoms with Crippen molar-refractivity contribution in [1.29, 1.82) is 0 Å². The molecule has 9 nitrogen and oxygen atoms in total. The first kappa shape index (κ1) is 28.8. The molecule has 1 aromatic rings. The number of nitrogens with zero attached hydrogens (tertiary/aromatic N) is 3. The molecule has 0 radical (unpaired) electrons. The molecule has 1 heterocycles. The van der Waals surface area contributed by atoms with E-state index in [2.05, 4.69) is 15.6 Å². The molecule has 10 heteroatoms. The van der Waals surface area contributed by atoms with E-state index >= 15 is 0 Å². The van der Waals surface area contributed by atoms with Crippen molar-refractivity contribution in [2.24, 2.45) is 4.99 Å². The number of likely N-dealkylation sites (tertiary alicyclic amines) is 1. The zero-order valence-electron chi connectivity index (χ0n) is 20.5. The lowest BCUT2D eigenvalue weighted by atomic mass is 10.1. The Balaban J connectivity index is 0.00000544. The number of methoxy groups -OCH3 is 1. The highest BCUT2D eigenvalue weighted by Crippen LogP contribution is 2.15. The van der Waals surface area contributed by atoms with Crippen LogP contribution in [0.3, 0.4) is 0 Å². The molecular formula is C23H38IN5O4. The molecule has 0 spiro atoms. The summed E-state index contributed by atoms with van der Waals surface area (Å²) in [4.78, 5) is 32.0. The first-order valence-corrected chi connectivity index (χ1v) is 10.9. The van der Waals surface area contributed by atoms with Crippen LogP contribution >= 0.6 is 24.0 Å². The van der Waals surface area contributed by atoms with Crippen LogP contribution in [0.4, 0.5) is 4.79 Å². The minimum absolute atomic E-state index is 0. The summed E-state index contributed by atoms with van der Waals surface area (Å²) in [6, 6.07) is 7.94. The van der Waals surface area contributed by atoms with Crippen LogP contribution in [-0.4, -0.2) is 86.8 Å². The van der Waals surface area contributed by atoms with Gasteiger partial charge in [0.2, 0.25) is 5.91 Å². The van der Waals surface area contributed by atoms with E-state index in [1.807, 2.05) is 45.0 Å². The maximum Gasteiger partial charge on any atom is 0.410 e. The summed E-state index contributed by atoms with van der Waals surface area (Å²) in [6.45, 7) is 7.41. The lowest BCUT2D eigenvalue weighted by Crippen LogP contribution is -2.46. The van der Waals surface area contributed by atoms with Gasteiger partial charge >= 0.3 is 6.09 Å². The third-order valence-corrected chi connectivity index (χ3v) is 4.92. The number of hydrogen-bond donors (Lipinski definition) is 2. The molecule has 1 fully saturated rings. The highest BCUT2D eigenvalue weighted by atomic mass is 127. The number of guanidine groups is 1. The highest BCUT2D eigenvalue weighted by Gasteiger charge is 2.30. The van der Waals surface area contributed by atoms with E-state index in [0.717, 1.165) is 18.6 Å². The van der Waals surface area contributed by atoms with E-state index in [-0.39, 0.29) is 48.6 Å². The second-order valence-corrected chi connectivity index (χ2v) is 9.03. The summed E-state index contributed by atoms with van der Waals surface area (Å²) >= 11 is 0. The molecule has 2 N–H and O–H groups in total. The monoisotopic (exact) mass is 575 g/mol. The van der Waals surface area contributed by atoms with Crippen molar-refractivity contribution in [1.82, 2.24) is 20.4 Å². The quantitative estimate of drug-likeness (QED) is 0.295. The molecule has 0 aliphatic carbocycles. The third-order valence-electron chi connectivity index (χ3n) is 4.92. The van der Waals surface area contributed by atoms with Gasteiger partial charge < -0.3 is 29.9 Å². The molecule has 0 bridgehead atoms. The number of halogens is 1. The molecule has 33 heavy (non-hydrogen) atoms. The van der Waals surface area contributed by atoms with Crippen LogP contribution in [0.2, 0.25) is 0 Å². The molecule has 186 valence electrons. The number of benzene rings is 1. The van der Waals surface area contributed by atoms with Crippen LogP contribution in [0.15, 0.2) is 29.3 Å². The molecule has 0 saturated carbocycles. The molecule has 1 unspecified atom stereocenters. The average molecular weight is 575 g/mol. The second-order valence-electron chi connectivity index (χ2n) is 9.03. The van der Waals surface area contributed by atoms with Crippen LogP contribution in [0.1, 0.15) is 32.8 Å². The minimum Gasteiger partial charge on any atom is -0.497 e. The van der Waals surface area contributed by atoms with E-state index < -0.39 is 5.60 Å². The Hall–Kier alpha value is -2.24. The molecule has 2 amide bonds. The van der Waals surface area contributed by atoms with Gasteiger partial charge in [-0.1, -0.05) is 12.1 Å². The van der Waals surface area contributed by atoms with Gasteiger partial charge in [0.1, 0.15) is 17.9 Å². The molecule has 2 rings (SSSR count). The van der Waals surface area contributed by atoms with Gasteiger partial charge in [-0.15, -0.1) is 24.0 Å². The third kappa shape index (κ3) is 10.5. The molecule has 1 aliphatic heterocycles. The number of carbonyl (C=O) groups excluding carboxylic acids is 2. The van der Waals surface area contributed by atoms with Gasteiger partial charge in [-0.2, -0.15) is 0 Å². The smallest absolute Gasteiger partial charge is 0.410 e. The number of ether oxygens (including phenoxy) is 2. The zero-order chi connectivity index (χ0) is 23.7. The number of amides is 2. The number of carbonyl (C=O) groups is 2. The van der Waals surface area contributed by atoms with E-state index in [9.17, 15) is 9.59 Å². The Kier molecular flexibility index (Phi) is 11.7. The fraction of sp³-hybridized carbons (Fsp3) is 0.609. The summed E-state index contributed by atoms with van der Waals surface area (Å²) in [6.07, 6.45) is 1.26. The molecule has 1 atom stereocenters. The predicted molar refractivity (Wildman–Crippen MR) is 140 cm³/mol. The molecule has 1 saturated heterocycles. The fourth-order valence-electron chi connectivity index (χ4n) is 3.12. The van der Waals surface area contributed by atoms with E-state index in [1.165, 1.54) is 10.5 Å². The van der Waals surface area contributed by atoms with Crippen LogP contribution in [-0.2, 0) is 16.0 Å². The topological polar surface area (TPSA) is 95.5 Å². The van der Waals surface area contributed by atoms with Crippen LogP contribution in [0.5, 0.6) is 5.75 Å². The van der Waals surface area contributed by atoms with Crippen molar-refractivity contribution in [3.63, 3.8) is 0 Å². The first-order valence-electron chi connectivity index (χ1n) is 10.9. The fourth-order valence-corrected chi connectivity index (χ4v) is 3.12. The lowest BCUT2D eigenvalue weighted by Gasteiger charge is -2.24. The van der Waals surface area contributed by atoms with Crippen molar-refractivity contribution < 1.29 is 19.1 Å². The Morgan fingerprint density at radius 3 is 2.45 bits per heavy atom. The number of rotatable bonds is 7. The molecule has 0 aromatic heterocycles. The summed E-state index contributed by atoms with van der Waals surface area (Å²) in [5.74, 6) is 1.30.